The maximum Gasteiger partial charge on any atom is 0.309 e. The quantitative estimate of drug-likeness (QED) is 0.756. The summed E-state index contributed by atoms with van der Waals surface area (Å²) < 4.78 is 20.8. The molecule has 7 heteroatoms. The average Bonchev–Trinajstić information content (AvgIpc) is 3.12. The van der Waals surface area contributed by atoms with E-state index in [-0.39, 0.29) is 24.4 Å². The van der Waals surface area contributed by atoms with Crippen LogP contribution in [0.5, 0.6) is 11.5 Å². The molecule has 1 aliphatic rings. The second-order valence-corrected chi connectivity index (χ2v) is 5.51. The van der Waals surface area contributed by atoms with Crippen molar-refractivity contribution in [2.75, 3.05) is 14.2 Å². The van der Waals surface area contributed by atoms with Crippen molar-refractivity contribution in [3.63, 3.8) is 0 Å². The second kappa shape index (κ2) is 6.28. The lowest BCUT2D eigenvalue weighted by atomic mass is 10.2. The van der Waals surface area contributed by atoms with E-state index in [9.17, 15) is 4.79 Å². The molecule has 1 aliphatic carbocycles. The van der Waals surface area contributed by atoms with E-state index in [1.807, 2.05) is 6.92 Å². The first kappa shape index (κ1) is 15.3. The summed E-state index contributed by atoms with van der Waals surface area (Å²) in [5.41, 5.74) is 0.672. The van der Waals surface area contributed by atoms with Gasteiger partial charge in [0.25, 0.3) is 5.89 Å². The molecule has 1 fully saturated rings. The Labute approximate surface area is 133 Å². The number of esters is 1. The topological polar surface area (TPSA) is 83.7 Å². The van der Waals surface area contributed by atoms with Crippen molar-refractivity contribution in [3.8, 4) is 22.9 Å². The highest BCUT2D eigenvalue weighted by atomic mass is 16.6. The smallest absolute Gasteiger partial charge is 0.309 e. The molecule has 0 amide bonds. The summed E-state index contributed by atoms with van der Waals surface area (Å²) in [4.78, 5) is 15.9. The van der Waals surface area contributed by atoms with Gasteiger partial charge in [0.1, 0.15) is 11.5 Å². The standard InChI is InChI=1S/C16H18N2O5/c1-9-6-12(9)16(19)22-8-14-17-15(18-23-14)11-5-4-10(20-2)7-13(11)21-3/h4-5,7,9,12H,6,8H2,1-3H3/t9-,12-/m0/s1. The second-order valence-electron chi connectivity index (χ2n) is 5.51. The molecule has 0 bridgehead atoms. The molecule has 122 valence electrons. The van der Waals surface area contributed by atoms with Crippen molar-refractivity contribution in [1.29, 1.82) is 0 Å². The molecule has 2 aromatic rings. The summed E-state index contributed by atoms with van der Waals surface area (Å²) in [6.45, 7) is 2.00. The summed E-state index contributed by atoms with van der Waals surface area (Å²) in [5, 5.41) is 3.91. The lowest BCUT2D eigenvalue weighted by molar-refractivity contribution is -0.147. The van der Waals surface area contributed by atoms with Gasteiger partial charge in [0.05, 0.1) is 25.7 Å². The zero-order chi connectivity index (χ0) is 16.4. The summed E-state index contributed by atoms with van der Waals surface area (Å²) in [7, 11) is 3.13. The van der Waals surface area contributed by atoms with E-state index in [4.69, 9.17) is 18.7 Å². The van der Waals surface area contributed by atoms with Crippen LogP contribution in [0.3, 0.4) is 0 Å². The number of rotatable bonds is 6. The number of ether oxygens (including phenoxy) is 3. The molecular formula is C16H18N2O5. The van der Waals surface area contributed by atoms with Crippen molar-refractivity contribution < 1.29 is 23.5 Å². The molecule has 7 nitrogen and oxygen atoms in total. The van der Waals surface area contributed by atoms with Crippen LogP contribution in [0.15, 0.2) is 22.7 Å². The van der Waals surface area contributed by atoms with Crippen LogP contribution in [0, 0.1) is 11.8 Å². The van der Waals surface area contributed by atoms with Gasteiger partial charge in [-0.3, -0.25) is 4.79 Å². The minimum Gasteiger partial charge on any atom is -0.497 e. The monoisotopic (exact) mass is 318 g/mol. The van der Waals surface area contributed by atoms with Gasteiger partial charge in [0, 0.05) is 6.07 Å². The van der Waals surface area contributed by atoms with Crippen LogP contribution < -0.4 is 9.47 Å². The van der Waals surface area contributed by atoms with Crippen LogP contribution in [-0.4, -0.2) is 30.3 Å². The molecule has 2 atom stereocenters. The van der Waals surface area contributed by atoms with E-state index in [1.165, 1.54) is 0 Å². The van der Waals surface area contributed by atoms with Gasteiger partial charge in [-0.1, -0.05) is 12.1 Å². The Kier molecular flexibility index (Phi) is 4.18. The Morgan fingerprint density at radius 3 is 2.78 bits per heavy atom. The van der Waals surface area contributed by atoms with Gasteiger partial charge >= 0.3 is 5.97 Å². The molecular weight excluding hydrogens is 300 g/mol. The first-order valence-electron chi connectivity index (χ1n) is 7.34. The van der Waals surface area contributed by atoms with E-state index in [1.54, 1.807) is 32.4 Å². The Balaban J connectivity index is 1.70. The fourth-order valence-corrected chi connectivity index (χ4v) is 2.30. The van der Waals surface area contributed by atoms with Crippen molar-refractivity contribution in [2.45, 2.75) is 20.0 Å². The molecule has 1 aromatic carbocycles. The number of carbonyl (C=O) groups is 1. The van der Waals surface area contributed by atoms with Gasteiger partial charge in [0.15, 0.2) is 6.61 Å². The van der Waals surface area contributed by atoms with Gasteiger partial charge < -0.3 is 18.7 Å². The number of hydrogen-bond acceptors (Lipinski definition) is 7. The van der Waals surface area contributed by atoms with Crippen LogP contribution in [0.25, 0.3) is 11.4 Å². The van der Waals surface area contributed by atoms with Gasteiger partial charge in [-0.05, 0) is 24.5 Å². The zero-order valence-corrected chi connectivity index (χ0v) is 13.2. The molecule has 0 unspecified atom stereocenters. The van der Waals surface area contributed by atoms with Gasteiger partial charge in [-0.25, -0.2) is 0 Å². The van der Waals surface area contributed by atoms with Crippen LogP contribution in [0.4, 0.5) is 0 Å². The number of carbonyl (C=O) groups excluding carboxylic acids is 1. The zero-order valence-electron chi connectivity index (χ0n) is 13.2. The molecule has 0 saturated heterocycles. The molecule has 23 heavy (non-hydrogen) atoms. The minimum atomic E-state index is -0.209. The first-order chi connectivity index (χ1) is 11.1. The lowest BCUT2D eigenvalue weighted by Gasteiger charge is -2.07. The maximum absolute atomic E-state index is 11.7. The predicted octanol–water partition coefficient (Wildman–Crippen LogP) is 2.45. The highest BCUT2D eigenvalue weighted by molar-refractivity contribution is 5.75. The van der Waals surface area contributed by atoms with Crippen LogP contribution in [-0.2, 0) is 16.1 Å². The minimum absolute atomic E-state index is 0.0130. The Morgan fingerprint density at radius 2 is 2.13 bits per heavy atom. The number of methoxy groups -OCH3 is 2. The predicted molar refractivity (Wildman–Crippen MR) is 79.9 cm³/mol. The fraction of sp³-hybridized carbons (Fsp3) is 0.438. The number of nitrogens with zero attached hydrogens (tertiary/aromatic N) is 2. The number of hydrogen-bond donors (Lipinski definition) is 0. The maximum atomic E-state index is 11.7. The summed E-state index contributed by atoms with van der Waals surface area (Å²) in [5.74, 6) is 2.07. The highest BCUT2D eigenvalue weighted by Gasteiger charge is 2.40. The molecule has 1 saturated carbocycles. The van der Waals surface area contributed by atoms with Gasteiger partial charge in [0.2, 0.25) is 5.82 Å². The molecule has 0 aliphatic heterocycles. The van der Waals surface area contributed by atoms with E-state index in [2.05, 4.69) is 10.1 Å². The highest BCUT2D eigenvalue weighted by Crippen LogP contribution is 2.38. The lowest BCUT2D eigenvalue weighted by Crippen LogP contribution is -2.07. The Hall–Kier alpha value is -2.57. The van der Waals surface area contributed by atoms with Crippen LogP contribution >= 0.6 is 0 Å². The first-order valence-corrected chi connectivity index (χ1v) is 7.34. The fourth-order valence-electron chi connectivity index (χ4n) is 2.30. The number of benzene rings is 1. The average molecular weight is 318 g/mol. The summed E-state index contributed by atoms with van der Waals surface area (Å²) in [6, 6.07) is 5.30. The van der Waals surface area contributed by atoms with Crippen molar-refractivity contribution in [3.05, 3.63) is 24.1 Å². The largest absolute Gasteiger partial charge is 0.497 e. The molecule has 3 rings (SSSR count). The Morgan fingerprint density at radius 1 is 1.35 bits per heavy atom. The van der Waals surface area contributed by atoms with E-state index in [0.29, 0.717) is 28.8 Å². The van der Waals surface area contributed by atoms with Crippen molar-refractivity contribution in [2.24, 2.45) is 11.8 Å². The third-order valence-electron chi connectivity index (χ3n) is 3.87. The SMILES string of the molecule is COc1ccc(-c2noc(COC(=O)[C@H]3C[C@@H]3C)n2)c(OC)c1. The third-order valence-corrected chi connectivity index (χ3v) is 3.87. The molecule has 1 aromatic heterocycles. The van der Waals surface area contributed by atoms with Gasteiger partial charge in [-0.2, -0.15) is 4.98 Å². The van der Waals surface area contributed by atoms with Crippen LogP contribution in [0.2, 0.25) is 0 Å². The van der Waals surface area contributed by atoms with Gasteiger partial charge in [-0.15, -0.1) is 0 Å². The number of aromatic nitrogens is 2. The third kappa shape index (κ3) is 3.28. The molecule has 1 heterocycles. The Bertz CT molecular complexity index is 712. The van der Waals surface area contributed by atoms with E-state index >= 15 is 0 Å². The van der Waals surface area contributed by atoms with Crippen molar-refractivity contribution >= 4 is 5.97 Å². The molecule has 0 radical (unpaired) electrons. The summed E-state index contributed by atoms with van der Waals surface area (Å²) in [6.07, 6.45) is 0.886. The van der Waals surface area contributed by atoms with Crippen LogP contribution in [0.1, 0.15) is 19.2 Å². The summed E-state index contributed by atoms with van der Waals surface area (Å²) >= 11 is 0. The van der Waals surface area contributed by atoms with E-state index < -0.39 is 0 Å². The van der Waals surface area contributed by atoms with Crippen molar-refractivity contribution in [1.82, 2.24) is 10.1 Å². The normalized spacial score (nSPS) is 19.3. The van der Waals surface area contributed by atoms with E-state index in [0.717, 1.165) is 6.42 Å². The molecule has 0 spiro atoms. The molecule has 0 N–H and O–H groups in total.